The molecule has 0 aromatic heterocycles. The summed E-state index contributed by atoms with van der Waals surface area (Å²) >= 11 is 0. The second-order valence-electron chi connectivity index (χ2n) is 4.32. The first-order valence-corrected chi connectivity index (χ1v) is 5.85. The summed E-state index contributed by atoms with van der Waals surface area (Å²) in [4.78, 5) is 6.54. The summed E-state index contributed by atoms with van der Waals surface area (Å²) in [7, 11) is 0. The van der Waals surface area contributed by atoms with E-state index in [1.807, 2.05) is 0 Å². The summed E-state index contributed by atoms with van der Waals surface area (Å²) in [6.07, 6.45) is 1.10. The molecule has 3 nitrogen and oxygen atoms in total. The topological polar surface area (TPSA) is 41.6 Å². The van der Waals surface area contributed by atoms with Crippen LogP contribution in [-0.2, 0) is 0 Å². The molecule has 1 aromatic rings. The van der Waals surface area contributed by atoms with Gasteiger partial charge < -0.3 is 10.6 Å². The molecular weight excluding hydrogens is 198 g/mol. The predicted molar refractivity (Wildman–Crippen MR) is 67.4 cm³/mol. The monoisotopic (exact) mass is 217 g/mol. The Hall–Kier alpha value is -1.51. The van der Waals surface area contributed by atoms with Crippen LogP contribution in [0, 0.1) is 6.92 Å². The minimum Gasteiger partial charge on any atom is -0.370 e. The smallest absolute Gasteiger partial charge is 0.191 e. The van der Waals surface area contributed by atoms with Crippen molar-refractivity contribution in [3.8, 4) is 0 Å². The van der Waals surface area contributed by atoms with E-state index in [1.54, 1.807) is 0 Å². The van der Waals surface area contributed by atoms with E-state index in [9.17, 15) is 0 Å². The maximum atomic E-state index is 5.90. The van der Waals surface area contributed by atoms with Crippen LogP contribution in [0.4, 0.5) is 0 Å². The Kier molecular flexibility index (Phi) is 3.13. The van der Waals surface area contributed by atoms with Crippen molar-refractivity contribution < 1.29 is 0 Å². The van der Waals surface area contributed by atoms with Crippen LogP contribution < -0.4 is 5.73 Å². The third kappa shape index (κ3) is 2.03. The molecule has 1 atom stereocenters. The van der Waals surface area contributed by atoms with Crippen molar-refractivity contribution in [1.82, 2.24) is 4.90 Å². The number of aliphatic imine (C=N–C) groups is 1. The maximum absolute atomic E-state index is 5.90. The Morgan fingerprint density at radius 1 is 1.38 bits per heavy atom. The number of rotatable bonds is 3. The fourth-order valence-corrected chi connectivity index (χ4v) is 2.11. The fourth-order valence-electron chi connectivity index (χ4n) is 2.11. The minimum atomic E-state index is 0.334. The molecule has 0 amide bonds. The molecular formula is C13H19N3. The fraction of sp³-hybridized carbons (Fsp3) is 0.462. The Morgan fingerprint density at radius 2 is 2.06 bits per heavy atom. The SMILES string of the molecule is CCCN1C(N)=NCC1c1ccc(C)cc1. The van der Waals surface area contributed by atoms with Crippen LogP contribution in [0.2, 0.25) is 0 Å². The van der Waals surface area contributed by atoms with E-state index < -0.39 is 0 Å². The van der Waals surface area contributed by atoms with E-state index in [0.717, 1.165) is 19.5 Å². The number of nitrogens with zero attached hydrogens (tertiary/aromatic N) is 2. The number of hydrogen-bond donors (Lipinski definition) is 1. The quantitative estimate of drug-likeness (QED) is 0.842. The lowest BCUT2D eigenvalue weighted by atomic mass is 10.0. The molecule has 0 spiro atoms. The molecule has 1 aliphatic rings. The highest BCUT2D eigenvalue weighted by Crippen LogP contribution is 2.25. The average molecular weight is 217 g/mol. The van der Waals surface area contributed by atoms with Gasteiger partial charge in [0.25, 0.3) is 0 Å². The standard InChI is InChI=1S/C13H19N3/c1-3-8-16-12(9-15-13(16)14)11-6-4-10(2)5-7-11/h4-7,12H,3,8-9H2,1-2H3,(H2,14,15). The highest BCUT2D eigenvalue weighted by molar-refractivity contribution is 5.80. The lowest BCUT2D eigenvalue weighted by Gasteiger charge is -2.26. The summed E-state index contributed by atoms with van der Waals surface area (Å²) in [6.45, 7) is 6.04. The number of hydrogen-bond acceptors (Lipinski definition) is 3. The molecule has 2 N–H and O–H groups in total. The van der Waals surface area contributed by atoms with Gasteiger partial charge in [0.05, 0.1) is 12.6 Å². The van der Waals surface area contributed by atoms with E-state index in [0.29, 0.717) is 12.0 Å². The maximum Gasteiger partial charge on any atom is 0.191 e. The summed E-state index contributed by atoms with van der Waals surface area (Å²) < 4.78 is 0. The first-order valence-electron chi connectivity index (χ1n) is 5.85. The summed E-state index contributed by atoms with van der Waals surface area (Å²) in [5, 5.41) is 0. The van der Waals surface area contributed by atoms with Gasteiger partial charge in [0.2, 0.25) is 0 Å². The number of benzene rings is 1. The van der Waals surface area contributed by atoms with Gasteiger partial charge in [0.15, 0.2) is 5.96 Å². The third-order valence-corrected chi connectivity index (χ3v) is 3.02. The Balaban J connectivity index is 2.18. The van der Waals surface area contributed by atoms with E-state index in [1.165, 1.54) is 11.1 Å². The van der Waals surface area contributed by atoms with Crippen LogP contribution >= 0.6 is 0 Å². The summed E-state index contributed by atoms with van der Waals surface area (Å²) in [6, 6.07) is 8.98. The predicted octanol–water partition coefficient (Wildman–Crippen LogP) is 2.08. The van der Waals surface area contributed by atoms with Crippen molar-refractivity contribution in [1.29, 1.82) is 0 Å². The van der Waals surface area contributed by atoms with Crippen molar-refractivity contribution in [2.24, 2.45) is 10.7 Å². The molecule has 2 rings (SSSR count). The van der Waals surface area contributed by atoms with Gasteiger partial charge in [-0.1, -0.05) is 36.8 Å². The van der Waals surface area contributed by atoms with Gasteiger partial charge in [-0.25, -0.2) is 0 Å². The number of guanidine groups is 1. The van der Waals surface area contributed by atoms with Crippen molar-refractivity contribution in [2.45, 2.75) is 26.3 Å². The van der Waals surface area contributed by atoms with E-state index in [4.69, 9.17) is 5.73 Å². The molecule has 3 heteroatoms. The van der Waals surface area contributed by atoms with Crippen molar-refractivity contribution in [3.05, 3.63) is 35.4 Å². The second kappa shape index (κ2) is 4.56. The highest BCUT2D eigenvalue weighted by atomic mass is 15.3. The molecule has 1 aliphatic heterocycles. The third-order valence-electron chi connectivity index (χ3n) is 3.02. The molecule has 1 aromatic carbocycles. The summed E-state index contributed by atoms with van der Waals surface area (Å²) in [5.74, 6) is 0.687. The van der Waals surface area contributed by atoms with E-state index in [-0.39, 0.29) is 0 Å². The molecule has 16 heavy (non-hydrogen) atoms. The lowest BCUT2D eigenvalue weighted by Crippen LogP contribution is -2.36. The van der Waals surface area contributed by atoms with Gasteiger partial charge >= 0.3 is 0 Å². The lowest BCUT2D eigenvalue weighted by molar-refractivity contribution is 0.347. The first-order chi connectivity index (χ1) is 7.72. The summed E-state index contributed by atoms with van der Waals surface area (Å²) in [5.41, 5.74) is 8.50. The van der Waals surface area contributed by atoms with Crippen LogP contribution in [0.25, 0.3) is 0 Å². The molecule has 0 saturated heterocycles. The van der Waals surface area contributed by atoms with Crippen LogP contribution in [0.15, 0.2) is 29.3 Å². The van der Waals surface area contributed by atoms with Gasteiger partial charge in [-0.15, -0.1) is 0 Å². The molecule has 0 saturated carbocycles. The first kappa shape index (κ1) is 11.0. The largest absolute Gasteiger partial charge is 0.370 e. The van der Waals surface area contributed by atoms with E-state index in [2.05, 4.69) is 48.0 Å². The van der Waals surface area contributed by atoms with Gasteiger partial charge in [-0.05, 0) is 18.9 Å². The van der Waals surface area contributed by atoms with Gasteiger partial charge in [0.1, 0.15) is 0 Å². The molecule has 0 bridgehead atoms. The van der Waals surface area contributed by atoms with Crippen molar-refractivity contribution in [2.75, 3.05) is 13.1 Å². The molecule has 1 heterocycles. The van der Waals surface area contributed by atoms with Crippen LogP contribution in [-0.4, -0.2) is 23.9 Å². The van der Waals surface area contributed by atoms with E-state index >= 15 is 0 Å². The van der Waals surface area contributed by atoms with Crippen LogP contribution in [0.1, 0.15) is 30.5 Å². The Morgan fingerprint density at radius 3 is 2.69 bits per heavy atom. The van der Waals surface area contributed by atoms with Crippen molar-refractivity contribution >= 4 is 5.96 Å². The molecule has 0 fully saturated rings. The van der Waals surface area contributed by atoms with Gasteiger partial charge in [-0.3, -0.25) is 4.99 Å². The number of nitrogens with two attached hydrogens (primary N) is 1. The molecule has 1 unspecified atom stereocenters. The average Bonchev–Trinajstić information content (AvgIpc) is 2.63. The second-order valence-corrected chi connectivity index (χ2v) is 4.32. The van der Waals surface area contributed by atoms with Crippen LogP contribution in [0.5, 0.6) is 0 Å². The van der Waals surface area contributed by atoms with Gasteiger partial charge in [-0.2, -0.15) is 0 Å². The minimum absolute atomic E-state index is 0.334. The zero-order valence-corrected chi connectivity index (χ0v) is 9.98. The Labute approximate surface area is 97.0 Å². The van der Waals surface area contributed by atoms with Crippen LogP contribution in [0.3, 0.4) is 0 Å². The Bertz CT molecular complexity index is 381. The molecule has 86 valence electrons. The zero-order valence-electron chi connectivity index (χ0n) is 9.98. The molecule has 0 radical (unpaired) electrons. The zero-order chi connectivity index (χ0) is 11.5. The van der Waals surface area contributed by atoms with Crippen molar-refractivity contribution in [3.63, 3.8) is 0 Å². The number of aryl methyl sites for hydroxylation is 1. The normalized spacial score (nSPS) is 20.0. The van der Waals surface area contributed by atoms with Gasteiger partial charge in [0, 0.05) is 6.54 Å². The highest BCUT2D eigenvalue weighted by Gasteiger charge is 2.26. The molecule has 0 aliphatic carbocycles.